The fraction of sp³-hybridized carbons (Fsp3) is 0.771. The average molecular weight is 615 g/mol. The minimum absolute atomic E-state index is 0.0923. The zero-order valence-electron chi connectivity index (χ0n) is 26.9. The van der Waals surface area contributed by atoms with Crippen LogP contribution in [0.4, 0.5) is 13.6 Å². The lowest BCUT2D eigenvalue weighted by atomic mass is 9.80. The Morgan fingerprint density at radius 2 is 1.64 bits per heavy atom. The number of carbonyl (C=O) groups excluding carboxylic acids is 2. The first-order chi connectivity index (χ1) is 21.0. The number of amides is 3. The third kappa shape index (κ3) is 6.51. The molecule has 6 rings (SSSR count). The second-order valence-electron chi connectivity index (χ2n) is 15.2. The summed E-state index contributed by atoms with van der Waals surface area (Å²) in [6.07, 6.45) is 7.10. The van der Waals surface area contributed by atoms with Crippen molar-refractivity contribution in [1.29, 1.82) is 0 Å². The van der Waals surface area contributed by atoms with Gasteiger partial charge in [0.2, 0.25) is 11.8 Å². The number of benzene rings is 1. The first-order valence-electron chi connectivity index (χ1n) is 17.1. The molecule has 9 heteroatoms. The SMILES string of the molecule is CC(C)N1C(=O)N(CC2(C)CCOCC2)CC12CC1CCC(C2)N1CC[C@H](NC(=O)C1CCC(F)(F)CC1)c1ccccc1. The number of alkyl halides is 2. The summed E-state index contributed by atoms with van der Waals surface area (Å²) < 4.78 is 33.1. The lowest BCUT2D eigenvalue weighted by Crippen LogP contribution is -2.60. The third-order valence-electron chi connectivity index (χ3n) is 11.5. The Morgan fingerprint density at radius 1 is 1.00 bits per heavy atom. The zero-order chi connectivity index (χ0) is 31.1. The van der Waals surface area contributed by atoms with Gasteiger partial charge in [-0.3, -0.25) is 9.69 Å². The van der Waals surface area contributed by atoms with Crippen LogP contribution in [0.3, 0.4) is 0 Å². The number of urea groups is 1. The Bertz CT molecular complexity index is 1150. The van der Waals surface area contributed by atoms with E-state index < -0.39 is 5.92 Å². The molecule has 1 N–H and O–H groups in total. The molecular weight excluding hydrogens is 562 g/mol. The zero-order valence-corrected chi connectivity index (χ0v) is 26.9. The molecule has 0 aromatic heterocycles. The van der Waals surface area contributed by atoms with Crippen LogP contribution in [0.15, 0.2) is 30.3 Å². The minimum atomic E-state index is -2.64. The molecule has 4 saturated heterocycles. The average Bonchev–Trinajstić information content (AvgIpc) is 3.39. The van der Waals surface area contributed by atoms with Crippen molar-refractivity contribution in [2.75, 3.05) is 32.8 Å². The Kier molecular flexibility index (Phi) is 9.01. The molecular formula is C35H52F2N4O3. The molecule has 3 atom stereocenters. The van der Waals surface area contributed by atoms with Crippen LogP contribution in [-0.2, 0) is 9.53 Å². The highest BCUT2D eigenvalue weighted by Crippen LogP contribution is 2.48. The number of ether oxygens (including phenoxy) is 1. The van der Waals surface area contributed by atoms with Gasteiger partial charge in [0.05, 0.1) is 11.6 Å². The number of nitrogens with zero attached hydrogens (tertiary/aromatic N) is 3. The maximum absolute atomic E-state index is 13.9. The number of hydrogen-bond donors (Lipinski definition) is 1. The molecule has 3 amide bonds. The second-order valence-corrected chi connectivity index (χ2v) is 15.2. The van der Waals surface area contributed by atoms with E-state index in [2.05, 4.69) is 52.9 Å². The molecule has 5 aliphatic rings. The predicted molar refractivity (Wildman–Crippen MR) is 166 cm³/mol. The number of fused-ring (bicyclic) bond motifs is 2. The number of halogens is 2. The van der Waals surface area contributed by atoms with Gasteiger partial charge in [0, 0.05) is 69.7 Å². The first-order valence-corrected chi connectivity index (χ1v) is 17.1. The number of carbonyl (C=O) groups is 2. The summed E-state index contributed by atoms with van der Waals surface area (Å²) in [6.45, 7) is 10.7. The van der Waals surface area contributed by atoms with Crippen LogP contribution in [-0.4, -0.2) is 89.1 Å². The lowest BCUT2D eigenvalue weighted by molar-refractivity contribution is -0.130. The number of piperidine rings is 1. The molecule has 5 fully saturated rings. The van der Waals surface area contributed by atoms with Gasteiger partial charge in [-0.25, -0.2) is 13.6 Å². The summed E-state index contributed by atoms with van der Waals surface area (Å²) in [5, 5.41) is 3.27. The van der Waals surface area contributed by atoms with Crippen LogP contribution < -0.4 is 5.32 Å². The van der Waals surface area contributed by atoms with Crippen LogP contribution in [0, 0.1) is 11.3 Å². The van der Waals surface area contributed by atoms with Crippen molar-refractivity contribution in [2.45, 2.75) is 127 Å². The van der Waals surface area contributed by atoms with Gasteiger partial charge in [-0.1, -0.05) is 37.3 Å². The highest BCUT2D eigenvalue weighted by atomic mass is 19.3. The van der Waals surface area contributed by atoms with Crippen molar-refractivity contribution < 1.29 is 23.1 Å². The van der Waals surface area contributed by atoms with Crippen molar-refractivity contribution in [3.63, 3.8) is 0 Å². The topological polar surface area (TPSA) is 65.1 Å². The largest absolute Gasteiger partial charge is 0.381 e. The van der Waals surface area contributed by atoms with Gasteiger partial charge in [-0.2, -0.15) is 0 Å². The van der Waals surface area contributed by atoms with Gasteiger partial charge in [0.15, 0.2) is 0 Å². The molecule has 7 nitrogen and oxygen atoms in total. The van der Waals surface area contributed by atoms with Crippen LogP contribution in [0.1, 0.15) is 103 Å². The molecule has 1 spiro atoms. The summed E-state index contributed by atoms with van der Waals surface area (Å²) in [4.78, 5) is 34.2. The summed E-state index contributed by atoms with van der Waals surface area (Å²) >= 11 is 0. The summed E-state index contributed by atoms with van der Waals surface area (Å²) in [5.41, 5.74) is 1.04. The lowest BCUT2D eigenvalue weighted by Gasteiger charge is -2.49. The molecule has 1 aromatic rings. The van der Waals surface area contributed by atoms with Crippen molar-refractivity contribution in [2.24, 2.45) is 11.3 Å². The molecule has 4 heterocycles. The second kappa shape index (κ2) is 12.5. The van der Waals surface area contributed by atoms with E-state index in [0.29, 0.717) is 12.1 Å². The van der Waals surface area contributed by atoms with E-state index in [1.807, 2.05) is 18.2 Å². The Labute approximate surface area is 262 Å². The Morgan fingerprint density at radius 3 is 2.25 bits per heavy atom. The van der Waals surface area contributed by atoms with Crippen molar-refractivity contribution >= 4 is 11.9 Å². The standard InChI is InChI=1S/C35H52F2N4O3/c1-25(2)41-32(43)39(23-33(3)16-19-44-20-17-33)24-34(41)21-28-9-10-29(22-34)40(28)18-13-30(26-7-5-4-6-8-26)38-31(42)27-11-14-35(36,37)15-12-27/h4-8,25,27-30H,9-24H2,1-3H3,(H,38,42)/t28?,29?,30-,34?/m0/s1. The number of hydrogen-bond acceptors (Lipinski definition) is 4. The van der Waals surface area contributed by atoms with Crippen molar-refractivity contribution in [3.8, 4) is 0 Å². The fourth-order valence-electron chi connectivity index (χ4n) is 9.21. The molecule has 244 valence electrons. The molecule has 0 radical (unpaired) electrons. The van der Waals surface area contributed by atoms with Crippen LogP contribution in [0.5, 0.6) is 0 Å². The van der Waals surface area contributed by atoms with E-state index in [9.17, 15) is 18.4 Å². The van der Waals surface area contributed by atoms with E-state index >= 15 is 0 Å². The van der Waals surface area contributed by atoms with E-state index in [4.69, 9.17) is 4.74 Å². The van der Waals surface area contributed by atoms with Gasteiger partial charge in [-0.15, -0.1) is 0 Å². The first kappa shape index (κ1) is 31.7. The van der Waals surface area contributed by atoms with Gasteiger partial charge >= 0.3 is 6.03 Å². The van der Waals surface area contributed by atoms with E-state index in [0.717, 1.165) is 83.4 Å². The molecule has 1 saturated carbocycles. The normalized spacial score (nSPS) is 31.2. The van der Waals surface area contributed by atoms with Gasteiger partial charge in [-0.05, 0) is 82.6 Å². The number of nitrogens with one attached hydrogen (secondary N) is 1. The fourth-order valence-corrected chi connectivity index (χ4v) is 9.21. The summed E-state index contributed by atoms with van der Waals surface area (Å²) in [6, 6.07) is 11.1. The quantitative estimate of drug-likeness (QED) is 0.350. The molecule has 1 aliphatic carbocycles. The predicted octanol–water partition coefficient (Wildman–Crippen LogP) is 6.39. The van der Waals surface area contributed by atoms with Gasteiger partial charge < -0.3 is 19.9 Å². The maximum Gasteiger partial charge on any atom is 0.320 e. The van der Waals surface area contributed by atoms with Crippen LogP contribution in [0.2, 0.25) is 0 Å². The van der Waals surface area contributed by atoms with E-state index in [-0.39, 0.29) is 66.6 Å². The molecule has 4 aliphatic heterocycles. The van der Waals surface area contributed by atoms with Gasteiger partial charge in [0.1, 0.15) is 0 Å². The number of rotatable bonds is 9. The van der Waals surface area contributed by atoms with Gasteiger partial charge in [0.25, 0.3) is 0 Å². The monoisotopic (exact) mass is 614 g/mol. The van der Waals surface area contributed by atoms with Crippen LogP contribution in [0.25, 0.3) is 0 Å². The maximum atomic E-state index is 13.9. The third-order valence-corrected chi connectivity index (χ3v) is 11.5. The molecule has 2 bridgehead atoms. The highest BCUT2D eigenvalue weighted by Gasteiger charge is 2.58. The molecule has 44 heavy (non-hydrogen) atoms. The summed E-state index contributed by atoms with van der Waals surface area (Å²) in [7, 11) is 0. The van der Waals surface area contributed by atoms with Crippen LogP contribution >= 0.6 is 0 Å². The van der Waals surface area contributed by atoms with Crippen molar-refractivity contribution in [3.05, 3.63) is 35.9 Å². The minimum Gasteiger partial charge on any atom is -0.381 e. The Balaban J connectivity index is 1.13. The van der Waals surface area contributed by atoms with E-state index in [1.165, 1.54) is 0 Å². The Hall–Kier alpha value is -2.26. The van der Waals surface area contributed by atoms with E-state index in [1.54, 1.807) is 0 Å². The summed E-state index contributed by atoms with van der Waals surface area (Å²) in [5.74, 6) is -3.08. The molecule has 2 unspecified atom stereocenters. The molecule has 1 aromatic carbocycles. The van der Waals surface area contributed by atoms with Crippen molar-refractivity contribution in [1.82, 2.24) is 20.0 Å². The highest BCUT2D eigenvalue weighted by molar-refractivity contribution is 5.79. The smallest absolute Gasteiger partial charge is 0.320 e.